The summed E-state index contributed by atoms with van der Waals surface area (Å²) in [4.78, 5) is 42.9. The van der Waals surface area contributed by atoms with E-state index >= 15 is 0 Å². The minimum absolute atomic E-state index is 0.119. The summed E-state index contributed by atoms with van der Waals surface area (Å²) in [5.74, 6) is -0.134. The SMILES string of the molecule is CC[C@@H](O)/C=C/C=C\C/C=C\C/C=C\C/C=C\CCCC(=O)O[C@H](COC(=O)CCCCCCCCCCCCCCCCCCC(C)C)COP(=O)(O)O. The molecule has 0 fully saturated rings. The molecule has 10 heteroatoms. The van der Waals surface area contributed by atoms with Crippen molar-refractivity contribution >= 4 is 19.8 Å². The highest BCUT2D eigenvalue weighted by Crippen LogP contribution is 2.36. The zero-order valence-electron chi connectivity index (χ0n) is 34.8. The molecule has 2 atom stereocenters. The van der Waals surface area contributed by atoms with E-state index in [1.54, 1.807) is 6.08 Å². The molecule has 3 N–H and O–H groups in total. The van der Waals surface area contributed by atoms with Crippen LogP contribution in [0.15, 0.2) is 60.8 Å². The first-order valence-corrected chi connectivity index (χ1v) is 23.1. The number of hydrogen-bond donors (Lipinski definition) is 3. The summed E-state index contributed by atoms with van der Waals surface area (Å²) in [6, 6.07) is 0. The molecule has 55 heavy (non-hydrogen) atoms. The molecule has 0 aromatic carbocycles. The maximum atomic E-state index is 12.4. The van der Waals surface area contributed by atoms with Crippen molar-refractivity contribution in [1.29, 1.82) is 0 Å². The number of phosphoric acid groups is 1. The lowest BCUT2D eigenvalue weighted by atomic mass is 10.0. The van der Waals surface area contributed by atoms with Gasteiger partial charge in [0.1, 0.15) is 6.61 Å². The number of esters is 2. The van der Waals surface area contributed by atoms with E-state index in [9.17, 15) is 19.3 Å². The van der Waals surface area contributed by atoms with Crippen LogP contribution in [0.1, 0.15) is 181 Å². The molecule has 0 unspecified atom stereocenters. The summed E-state index contributed by atoms with van der Waals surface area (Å²) < 4.78 is 26.3. The molecule has 0 aromatic heterocycles. The average molecular weight is 795 g/mol. The molecule has 0 saturated carbocycles. The third-order valence-corrected chi connectivity index (χ3v) is 9.62. The Bertz CT molecular complexity index is 1110. The van der Waals surface area contributed by atoms with Crippen LogP contribution in [0.25, 0.3) is 0 Å². The summed E-state index contributed by atoms with van der Waals surface area (Å²) in [5.41, 5.74) is 0. The van der Waals surface area contributed by atoms with E-state index in [1.807, 2.05) is 37.3 Å². The summed E-state index contributed by atoms with van der Waals surface area (Å²) in [6.07, 6.45) is 44.7. The highest BCUT2D eigenvalue weighted by molar-refractivity contribution is 7.46. The number of hydrogen-bond acceptors (Lipinski definition) is 7. The Morgan fingerprint density at radius 2 is 1.07 bits per heavy atom. The van der Waals surface area contributed by atoms with E-state index in [-0.39, 0.29) is 25.6 Å². The molecule has 0 amide bonds. The van der Waals surface area contributed by atoms with Crippen LogP contribution in [0, 0.1) is 5.92 Å². The monoisotopic (exact) mass is 795 g/mol. The molecular formula is C45H79O9P. The lowest BCUT2D eigenvalue weighted by Crippen LogP contribution is -2.29. The van der Waals surface area contributed by atoms with Crippen molar-refractivity contribution < 1.29 is 43.0 Å². The van der Waals surface area contributed by atoms with Crippen LogP contribution in [-0.4, -0.2) is 52.3 Å². The molecule has 0 saturated heterocycles. The van der Waals surface area contributed by atoms with Gasteiger partial charge in [-0.05, 0) is 50.9 Å². The van der Waals surface area contributed by atoms with Crippen LogP contribution >= 0.6 is 7.82 Å². The van der Waals surface area contributed by atoms with Crippen LogP contribution < -0.4 is 0 Å². The number of aliphatic hydroxyl groups is 1. The number of aliphatic hydroxyl groups excluding tert-OH is 1. The largest absolute Gasteiger partial charge is 0.469 e. The molecule has 0 spiro atoms. The average Bonchev–Trinajstić information content (AvgIpc) is 3.14. The molecule has 0 heterocycles. The van der Waals surface area contributed by atoms with Crippen molar-refractivity contribution in [1.82, 2.24) is 0 Å². The second-order valence-electron chi connectivity index (χ2n) is 15.0. The van der Waals surface area contributed by atoms with E-state index in [0.717, 1.165) is 38.0 Å². The third kappa shape index (κ3) is 42.7. The molecule has 0 aromatic rings. The number of phosphoric ester groups is 1. The van der Waals surface area contributed by atoms with Gasteiger partial charge in [0.2, 0.25) is 0 Å². The summed E-state index contributed by atoms with van der Waals surface area (Å²) in [5, 5.41) is 9.46. The van der Waals surface area contributed by atoms with Gasteiger partial charge < -0.3 is 24.4 Å². The normalized spacial score (nSPS) is 13.7. The first kappa shape index (κ1) is 52.7. The van der Waals surface area contributed by atoms with Gasteiger partial charge in [-0.15, -0.1) is 0 Å². The first-order chi connectivity index (χ1) is 26.5. The second-order valence-corrected chi connectivity index (χ2v) is 16.2. The number of ether oxygens (including phenoxy) is 2. The Kier molecular flexibility index (Phi) is 37.0. The number of carbonyl (C=O) groups is 2. The lowest BCUT2D eigenvalue weighted by Gasteiger charge is -2.18. The molecule has 0 aliphatic heterocycles. The van der Waals surface area contributed by atoms with E-state index in [2.05, 4.69) is 42.7 Å². The highest BCUT2D eigenvalue weighted by atomic mass is 31.2. The van der Waals surface area contributed by atoms with Gasteiger partial charge >= 0.3 is 19.8 Å². The fourth-order valence-corrected chi connectivity index (χ4v) is 6.14. The van der Waals surface area contributed by atoms with Crippen molar-refractivity contribution in [3.8, 4) is 0 Å². The summed E-state index contributed by atoms with van der Waals surface area (Å²) in [6.45, 7) is 5.66. The molecule has 0 aliphatic rings. The van der Waals surface area contributed by atoms with Crippen LogP contribution in [-0.2, 0) is 28.2 Å². The summed E-state index contributed by atoms with van der Waals surface area (Å²) in [7, 11) is -4.78. The lowest BCUT2D eigenvalue weighted by molar-refractivity contribution is -0.161. The molecule has 0 aliphatic carbocycles. The highest BCUT2D eigenvalue weighted by Gasteiger charge is 2.22. The Morgan fingerprint density at radius 3 is 1.58 bits per heavy atom. The second kappa shape index (κ2) is 38.6. The molecule has 9 nitrogen and oxygen atoms in total. The van der Waals surface area contributed by atoms with Gasteiger partial charge in [0.25, 0.3) is 0 Å². The smallest absolute Gasteiger partial charge is 0.462 e. The van der Waals surface area contributed by atoms with Crippen molar-refractivity contribution in [3.05, 3.63) is 60.8 Å². The van der Waals surface area contributed by atoms with E-state index in [0.29, 0.717) is 25.7 Å². The van der Waals surface area contributed by atoms with E-state index in [4.69, 9.17) is 19.3 Å². The van der Waals surface area contributed by atoms with Crippen molar-refractivity contribution in [2.24, 2.45) is 5.92 Å². The Balaban J connectivity index is 4.00. The summed E-state index contributed by atoms with van der Waals surface area (Å²) >= 11 is 0. The fourth-order valence-electron chi connectivity index (χ4n) is 5.78. The molecule has 318 valence electrons. The van der Waals surface area contributed by atoms with Gasteiger partial charge in [0.05, 0.1) is 12.7 Å². The van der Waals surface area contributed by atoms with Crippen molar-refractivity contribution in [2.45, 2.75) is 193 Å². The molecular weight excluding hydrogens is 715 g/mol. The van der Waals surface area contributed by atoms with Gasteiger partial charge in [0, 0.05) is 12.8 Å². The van der Waals surface area contributed by atoms with E-state index in [1.165, 1.54) is 89.9 Å². The topological polar surface area (TPSA) is 140 Å². The maximum Gasteiger partial charge on any atom is 0.469 e. The number of allylic oxidation sites excluding steroid dienone is 9. The zero-order valence-corrected chi connectivity index (χ0v) is 35.7. The quantitative estimate of drug-likeness (QED) is 0.0183. The standard InChI is InChI=1S/C45H79O9P/c1-4-42(46)36-32-28-24-20-16-12-9-10-14-18-22-26-30-34-38-45(48)54-43(40-53-55(49,50)51)39-52-44(47)37-33-29-25-21-17-13-8-6-5-7-11-15-19-23-27-31-35-41(2)3/h10,12,14,16,22,24,26,28,32,36,41-43,46H,4-9,11,13,15,17-21,23,25,27,29-31,33-35,37-40H2,1-3H3,(H2,49,50,51)/b14-10-,16-12-,26-22-,28-24-,36-32+/t42-,43-/m1/s1. The first-order valence-electron chi connectivity index (χ1n) is 21.5. The predicted molar refractivity (Wildman–Crippen MR) is 226 cm³/mol. The molecule has 0 rings (SSSR count). The van der Waals surface area contributed by atoms with Gasteiger partial charge in [-0.3, -0.25) is 14.1 Å². The minimum Gasteiger partial charge on any atom is -0.462 e. The number of carbonyl (C=O) groups excluding carboxylic acids is 2. The van der Waals surface area contributed by atoms with Crippen LogP contribution in [0.2, 0.25) is 0 Å². The Labute approximate surface area is 335 Å². The number of rotatable bonds is 38. The van der Waals surface area contributed by atoms with Gasteiger partial charge in [-0.25, -0.2) is 4.57 Å². The van der Waals surface area contributed by atoms with Crippen molar-refractivity contribution in [2.75, 3.05) is 13.2 Å². The molecule has 0 radical (unpaired) electrons. The van der Waals surface area contributed by atoms with Gasteiger partial charge in [0.15, 0.2) is 6.10 Å². The van der Waals surface area contributed by atoms with Gasteiger partial charge in [-0.1, -0.05) is 184 Å². The van der Waals surface area contributed by atoms with E-state index < -0.39 is 32.5 Å². The Hall–Kier alpha value is -2.29. The number of unbranched alkanes of at least 4 members (excludes halogenated alkanes) is 16. The molecule has 0 bridgehead atoms. The van der Waals surface area contributed by atoms with Gasteiger partial charge in [-0.2, -0.15) is 0 Å². The third-order valence-electron chi connectivity index (χ3n) is 9.14. The van der Waals surface area contributed by atoms with Crippen molar-refractivity contribution in [3.63, 3.8) is 0 Å². The fraction of sp³-hybridized carbons (Fsp3) is 0.733. The maximum absolute atomic E-state index is 12.4. The predicted octanol–water partition coefficient (Wildman–Crippen LogP) is 12.1. The van der Waals surface area contributed by atoms with Crippen LogP contribution in [0.5, 0.6) is 0 Å². The minimum atomic E-state index is -4.78. The zero-order chi connectivity index (χ0) is 40.7. The Morgan fingerprint density at radius 1 is 0.600 bits per heavy atom. The van der Waals surface area contributed by atoms with Crippen LogP contribution in [0.3, 0.4) is 0 Å². The van der Waals surface area contributed by atoms with Crippen LogP contribution in [0.4, 0.5) is 0 Å².